The van der Waals surface area contributed by atoms with Gasteiger partial charge >= 0.3 is 0 Å². The fourth-order valence-electron chi connectivity index (χ4n) is 2.31. The van der Waals surface area contributed by atoms with Gasteiger partial charge in [0, 0.05) is 16.5 Å². The number of benzene rings is 2. The summed E-state index contributed by atoms with van der Waals surface area (Å²) < 4.78 is 14.6. The number of ketones is 1. The van der Waals surface area contributed by atoms with E-state index in [1.165, 1.54) is 6.07 Å². The van der Waals surface area contributed by atoms with Crippen LogP contribution in [0.5, 0.6) is 0 Å². The first kappa shape index (κ1) is 15.9. The summed E-state index contributed by atoms with van der Waals surface area (Å²) in [6.45, 7) is 6.21. The van der Waals surface area contributed by atoms with Gasteiger partial charge in [0.15, 0.2) is 5.78 Å². The molecule has 2 aromatic rings. The zero-order valence-electron chi connectivity index (χ0n) is 12.4. The van der Waals surface area contributed by atoms with Crippen LogP contribution >= 0.6 is 15.9 Å². The van der Waals surface area contributed by atoms with Crippen molar-refractivity contribution in [3.05, 3.63) is 69.4 Å². The minimum absolute atomic E-state index is 0.0539. The van der Waals surface area contributed by atoms with Gasteiger partial charge in [-0.1, -0.05) is 67.0 Å². The van der Waals surface area contributed by atoms with Crippen molar-refractivity contribution in [1.82, 2.24) is 0 Å². The molecule has 0 heterocycles. The van der Waals surface area contributed by atoms with Crippen LogP contribution in [0.25, 0.3) is 0 Å². The first-order valence-corrected chi connectivity index (χ1v) is 7.65. The van der Waals surface area contributed by atoms with Gasteiger partial charge < -0.3 is 0 Å². The lowest BCUT2D eigenvalue weighted by molar-refractivity contribution is 0.0989. The Kier molecular flexibility index (Phi) is 4.62. The van der Waals surface area contributed by atoms with E-state index in [1.54, 1.807) is 12.1 Å². The molecule has 110 valence electrons. The molecule has 0 fully saturated rings. The van der Waals surface area contributed by atoms with E-state index in [0.717, 1.165) is 5.56 Å². The highest BCUT2D eigenvalue weighted by Gasteiger charge is 2.21. The molecule has 0 unspecified atom stereocenters. The second-order valence-electron chi connectivity index (χ2n) is 6.13. The number of hydrogen-bond acceptors (Lipinski definition) is 1. The van der Waals surface area contributed by atoms with Crippen molar-refractivity contribution in [3.63, 3.8) is 0 Å². The van der Waals surface area contributed by atoms with Crippen LogP contribution in [-0.4, -0.2) is 5.78 Å². The SMILES string of the molecule is CC(C)(C)c1ccccc1C(=O)Cc1ccc(Br)cc1F. The molecule has 0 saturated carbocycles. The van der Waals surface area contributed by atoms with Gasteiger partial charge in [0.25, 0.3) is 0 Å². The molecule has 2 aromatic carbocycles. The minimum Gasteiger partial charge on any atom is -0.294 e. The Morgan fingerprint density at radius 3 is 2.43 bits per heavy atom. The first-order chi connectivity index (χ1) is 9.79. The average molecular weight is 349 g/mol. The van der Waals surface area contributed by atoms with Gasteiger partial charge in [-0.2, -0.15) is 0 Å². The van der Waals surface area contributed by atoms with Crippen LogP contribution in [0.15, 0.2) is 46.9 Å². The van der Waals surface area contributed by atoms with Crippen molar-refractivity contribution in [1.29, 1.82) is 0 Å². The summed E-state index contributed by atoms with van der Waals surface area (Å²) in [5.74, 6) is -0.410. The highest BCUT2D eigenvalue weighted by molar-refractivity contribution is 9.10. The molecule has 0 amide bonds. The van der Waals surface area contributed by atoms with Crippen LogP contribution in [0.1, 0.15) is 42.3 Å². The van der Waals surface area contributed by atoms with E-state index in [-0.39, 0.29) is 23.4 Å². The topological polar surface area (TPSA) is 17.1 Å². The van der Waals surface area contributed by atoms with Crippen molar-refractivity contribution in [2.24, 2.45) is 0 Å². The van der Waals surface area contributed by atoms with E-state index in [4.69, 9.17) is 0 Å². The Morgan fingerprint density at radius 2 is 1.81 bits per heavy atom. The highest BCUT2D eigenvalue weighted by atomic mass is 79.9. The molecule has 0 N–H and O–H groups in total. The monoisotopic (exact) mass is 348 g/mol. The second kappa shape index (κ2) is 6.10. The number of halogens is 2. The number of hydrogen-bond donors (Lipinski definition) is 0. The van der Waals surface area contributed by atoms with Gasteiger partial charge in [0.2, 0.25) is 0 Å². The van der Waals surface area contributed by atoms with Crippen molar-refractivity contribution < 1.29 is 9.18 Å². The molecule has 0 bridgehead atoms. The molecule has 0 saturated heterocycles. The lowest BCUT2D eigenvalue weighted by atomic mass is 9.82. The normalized spacial score (nSPS) is 11.5. The maximum atomic E-state index is 13.9. The summed E-state index contributed by atoms with van der Waals surface area (Å²) in [7, 11) is 0. The Bertz CT molecular complexity index is 671. The van der Waals surface area contributed by atoms with Gasteiger partial charge in [0.1, 0.15) is 5.82 Å². The van der Waals surface area contributed by atoms with Gasteiger partial charge in [-0.25, -0.2) is 4.39 Å². The summed E-state index contributed by atoms with van der Waals surface area (Å²) in [6.07, 6.45) is 0.0756. The second-order valence-corrected chi connectivity index (χ2v) is 7.05. The van der Waals surface area contributed by atoms with Crippen molar-refractivity contribution in [2.45, 2.75) is 32.6 Å². The van der Waals surface area contributed by atoms with Crippen molar-refractivity contribution >= 4 is 21.7 Å². The summed E-state index contributed by atoms with van der Waals surface area (Å²) in [5.41, 5.74) is 1.97. The number of rotatable bonds is 3. The molecule has 0 aliphatic carbocycles. The molecule has 3 heteroatoms. The largest absolute Gasteiger partial charge is 0.294 e. The standard InChI is InChI=1S/C18H18BrFO/c1-18(2,3)15-7-5-4-6-14(15)17(21)10-12-8-9-13(19)11-16(12)20/h4-9,11H,10H2,1-3H3. The Balaban J connectivity index is 2.33. The molecule has 21 heavy (non-hydrogen) atoms. The predicted molar refractivity (Wildman–Crippen MR) is 87.3 cm³/mol. The van der Waals surface area contributed by atoms with Crippen molar-refractivity contribution in [2.75, 3.05) is 0 Å². The number of carbonyl (C=O) groups excluding carboxylic acids is 1. The molecule has 0 aromatic heterocycles. The van der Waals surface area contributed by atoms with E-state index in [2.05, 4.69) is 36.7 Å². The van der Waals surface area contributed by atoms with Crippen LogP contribution in [-0.2, 0) is 11.8 Å². The number of carbonyl (C=O) groups is 1. The third-order valence-corrected chi connectivity index (χ3v) is 3.89. The summed E-state index contributed by atoms with van der Waals surface area (Å²) >= 11 is 3.22. The maximum Gasteiger partial charge on any atom is 0.167 e. The molecule has 1 nitrogen and oxygen atoms in total. The minimum atomic E-state index is -0.356. The summed E-state index contributed by atoms with van der Waals surface area (Å²) in [6, 6.07) is 12.3. The van der Waals surface area contributed by atoms with Gasteiger partial charge in [-0.3, -0.25) is 4.79 Å². The average Bonchev–Trinajstić information content (AvgIpc) is 2.41. The molecule has 0 radical (unpaired) electrons. The van der Waals surface area contributed by atoms with Crippen molar-refractivity contribution in [3.8, 4) is 0 Å². The molecule has 0 atom stereocenters. The number of Topliss-reactive ketones (excluding diaryl/α,β-unsaturated/α-hetero) is 1. The van der Waals surface area contributed by atoms with Crippen LogP contribution in [0.3, 0.4) is 0 Å². The quantitative estimate of drug-likeness (QED) is 0.686. The smallest absolute Gasteiger partial charge is 0.167 e. The molecule has 2 rings (SSSR count). The lowest BCUT2D eigenvalue weighted by Gasteiger charge is -2.22. The Labute approximate surface area is 133 Å². The summed E-state index contributed by atoms with van der Waals surface area (Å²) in [5, 5.41) is 0. The van der Waals surface area contributed by atoms with E-state index >= 15 is 0 Å². The van der Waals surface area contributed by atoms with Crippen LogP contribution in [0.4, 0.5) is 4.39 Å². The van der Waals surface area contributed by atoms with Crippen LogP contribution < -0.4 is 0 Å². The third-order valence-electron chi connectivity index (χ3n) is 3.40. The Hall–Kier alpha value is -1.48. The van der Waals surface area contributed by atoms with Crippen LogP contribution in [0.2, 0.25) is 0 Å². The van der Waals surface area contributed by atoms with E-state index < -0.39 is 0 Å². The first-order valence-electron chi connectivity index (χ1n) is 6.85. The molecule has 0 aliphatic rings. The molecular weight excluding hydrogens is 331 g/mol. The zero-order valence-corrected chi connectivity index (χ0v) is 14.0. The summed E-state index contributed by atoms with van der Waals surface area (Å²) in [4.78, 5) is 12.5. The van der Waals surface area contributed by atoms with Gasteiger partial charge in [0.05, 0.1) is 0 Å². The fraction of sp³-hybridized carbons (Fsp3) is 0.278. The van der Waals surface area contributed by atoms with Gasteiger partial charge in [-0.15, -0.1) is 0 Å². The Morgan fingerprint density at radius 1 is 1.14 bits per heavy atom. The third kappa shape index (κ3) is 3.79. The zero-order chi connectivity index (χ0) is 15.6. The van der Waals surface area contributed by atoms with Gasteiger partial charge in [-0.05, 0) is 28.7 Å². The predicted octanol–water partition coefficient (Wildman–Crippen LogP) is 5.31. The molecular formula is C18H18BrFO. The fourth-order valence-corrected chi connectivity index (χ4v) is 2.65. The highest BCUT2D eigenvalue weighted by Crippen LogP contribution is 2.27. The lowest BCUT2D eigenvalue weighted by Crippen LogP contribution is -2.18. The molecule has 0 spiro atoms. The van der Waals surface area contributed by atoms with Crippen LogP contribution in [0, 0.1) is 5.82 Å². The van der Waals surface area contributed by atoms with E-state index in [0.29, 0.717) is 15.6 Å². The molecule has 0 aliphatic heterocycles. The maximum absolute atomic E-state index is 13.9. The van der Waals surface area contributed by atoms with E-state index in [9.17, 15) is 9.18 Å². The van der Waals surface area contributed by atoms with E-state index in [1.807, 2.05) is 24.3 Å².